The largest absolute Gasteiger partial charge is 0.373 e. The van der Waals surface area contributed by atoms with Gasteiger partial charge in [0.15, 0.2) is 0 Å². The maximum absolute atomic E-state index is 15.6. The number of aryl methyl sites for hydroxylation is 1. The summed E-state index contributed by atoms with van der Waals surface area (Å²) in [6.07, 6.45) is 4.15. The van der Waals surface area contributed by atoms with Crippen LogP contribution in [0.15, 0.2) is 30.6 Å². The van der Waals surface area contributed by atoms with Crippen LogP contribution in [0.3, 0.4) is 0 Å². The third-order valence-electron chi connectivity index (χ3n) is 6.25. The second-order valence-electron chi connectivity index (χ2n) is 8.89. The van der Waals surface area contributed by atoms with Crippen LogP contribution in [0.25, 0.3) is 33.3 Å². The Morgan fingerprint density at radius 1 is 1.09 bits per heavy atom. The summed E-state index contributed by atoms with van der Waals surface area (Å²) in [5.41, 5.74) is 3.89. The van der Waals surface area contributed by atoms with Gasteiger partial charge in [0.1, 0.15) is 11.6 Å². The van der Waals surface area contributed by atoms with E-state index in [1.54, 1.807) is 6.20 Å². The number of aromatic nitrogens is 4. The first-order chi connectivity index (χ1) is 15.4. The molecule has 1 N–H and O–H groups in total. The van der Waals surface area contributed by atoms with Crippen molar-refractivity contribution < 1.29 is 17.2 Å². The van der Waals surface area contributed by atoms with E-state index in [0.29, 0.717) is 34.3 Å². The predicted octanol–water partition coefficient (Wildman–Crippen LogP) is 4.64. The van der Waals surface area contributed by atoms with Gasteiger partial charge in [-0.05, 0) is 56.5 Å². The van der Waals surface area contributed by atoms with Crippen molar-refractivity contribution in [1.29, 1.82) is 0 Å². The topological polar surface area (TPSA) is 81.8 Å². The third kappa shape index (κ3) is 3.07. The highest BCUT2D eigenvalue weighted by molar-refractivity contribution is 7.89. The molecule has 0 aliphatic carbocycles. The molecule has 0 spiro atoms. The van der Waals surface area contributed by atoms with Crippen LogP contribution in [0.5, 0.6) is 0 Å². The Morgan fingerprint density at radius 2 is 1.82 bits per heavy atom. The highest BCUT2D eigenvalue weighted by atomic mass is 32.2. The Labute approximate surface area is 190 Å². The van der Waals surface area contributed by atoms with Gasteiger partial charge in [-0.2, -0.15) is 14.3 Å². The molecule has 7 nitrogen and oxygen atoms in total. The highest BCUT2D eigenvalue weighted by Crippen LogP contribution is 2.49. The van der Waals surface area contributed by atoms with Gasteiger partial charge in [0.05, 0.1) is 41.1 Å². The van der Waals surface area contributed by atoms with Gasteiger partial charge in [0.2, 0.25) is 0 Å². The average Bonchev–Trinajstić information content (AvgIpc) is 3.34. The molecular formula is C23H23F2N5O2S. The molecule has 0 amide bonds. The van der Waals surface area contributed by atoms with Crippen LogP contribution in [0.4, 0.5) is 14.5 Å². The first-order valence-electron chi connectivity index (χ1n) is 10.5. The van der Waals surface area contributed by atoms with Gasteiger partial charge < -0.3 is 5.32 Å². The first-order valence-corrected chi connectivity index (χ1v) is 12.3. The summed E-state index contributed by atoms with van der Waals surface area (Å²) in [4.78, 5) is 0. The molecule has 0 radical (unpaired) electrons. The van der Waals surface area contributed by atoms with Crippen LogP contribution >= 0.6 is 0 Å². The van der Waals surface area contributed by atoms with Gasteiger partial charge in [0.25, 0.3) is 10.0 Å². The minimum Gasteiger partial charge on any atom is -0.373 e. The van der Waals surface area contributed by atoms with E-state index in [1.165, 1.54) is 18.3 Å². The highest BCUT2D eigenvalue weighted by Gasteiger charge is 2.37. The Morgan fingerprint density at radius 3 is 2.48 bits per heavy atom. The van der Waals surface area contributed by atoms with Gasteiger partial charge in [-0.15, -0.1) is 0 Å². The van der Waals surface area contributed by atoms with Crippen LogP contribution in [0, 0.1) is 18.6 Å². The van der Waals surface area contributed by atoms with E-state index in [0.717, 1.165) is 33.2 Å². The van der Waals surface area contributed by atoms with E-state index in [1.807, 2.05) is 32.4 Å². The normalized spacial score (nSPS) is 14.8. The van der Waals surface area contributed by atoms with Crippen molar-refractivity contribution in [2.75, 3.05) is 11.6 Å². The van der Waals surface area contributed by atoms with Crippen LogP contribution in [0.1, 0.15) is 31.9 Å². The predicted molar refractivity (Wildman–Crippen MR) is 124 cm³/mol. The van der Waals surface area contributed by atoms with E-state index in [-0.39, 0.29) is 5.52 Å². The van der Waals surface area contributed by atoms with Gasteiger partial charge in [-0.3, -0.25) is 4.68 Å². The zero-order chi connectivity index (χ0) is 23.9. The van der Waals surface area contributed by atoms with Crippen LogP contribution in [-0.2, 0) is 22.1 Å². The van der Waals surface area contributed by atoms with Crippen molar-refractivity contribution in [1.82, 2.24) is 19.0 Å². The molecule has 2 aromatic carbocycles. The van der Waals surface area contributed by atoms with Gasteiger partial charge >= 0.3 is 0 Å². The molecule has 1 aliphatic heterocycles. The number of fused-ring (bicyclic) bond motifs is 4. The molecule has 5 rings (SSSR count). The van der Waals surface area contributed by atoms with E-state index in [4.69, 9.17) is 0 Å². The summed E-state index contributed by atoms with van der Waals surface area (Å²) in [5, 5.41) is 12.1. The van der Waals surface area contributed by atoms with Crippen molar-refractivity contribution in [2.24, 2.45) is 0 Å². The molecule has 2 aromatic heterocycles. The number of nitrogens with zero attached hydrogens (tertiary/aromatic N) is 4. The lowest BCUT2D eigenvalue weighted by Gasteiger charge is -2.35. The van der Waals surface area contributed by atoms with E-state index >= 15 is 4.39 Å². The molecule has 3 heterocycles. The second kappa shape index (κ2) is 6.86. The maximum Gasteiger partial charge on any atom is 0.251 e. The van der Waals surface area contributed by atoms with Crippen LogP contribution in [0.2, 0.25) is 0 Å². The zero-order valence-electron chi connectivity index (χ0n) is 18.9. The fourth-order valence-corrected chi connectivity index (χ4v) is 5.46. The fourth-order valence-electron chi connectivity index (χ4n) is 4.73. The first kappa shape index (κ1) is 21.6. The van der Waals surface area contributed by atoms with Gasteiger partial charge in [-0.1, -0.05) is 0 Å². The molecule has 0 saturated heterocycles. The molecule has 0 saturated carbocycles. The second-order valence-corrected chi connectivity index (χ2v) is 10.7. The summed E-state index contributed by atoms with van der Waals surface area (Å²) in [5.74, 6) is -1.12. The summed E-state index contributed by atoms with van der Waals surface area (Å²) >= 11 is 0. The average molecular weight is 472 g/mol. The molecule has 4 aromatic rings. The molecule has 0 bridgehead atoms. The SMILES string of the molecule is CCn1ncc2c1-c1c(C)c(-c3cc(F)cc4c3cnn4S(C)(=O)=O)cc(F)c1NC2(C)C. The molecule has 1 aliphatic rings. The molecule has 0 fully saturated rings. The minimum absolute atomic E-state index is 0.101. The summed E-state index contributed by atoms with van der Waals surface area (Å²) in [6, 6.07) is 3.76. The zero-order valence-corrected chi connectivity index (χ0v) is 19.7. The van der Waals surface area contributed by atoms with Gasteiger partial charge in [0, 0.05) is 29.1 Å². The molecule has 10 heteroatoms. The Bertz CT molecular complexity index is 1570. The number of halogens is 2. The van der Waals surface area contributed by atoms with Crippen molar-refractivity contribution in [3.05, 3.63) is 53.4 Å². The van der Waals surface area contributed by atoms with E-state index < -0.39 is 27.2 Å². The number of anilines is 1. The number of rotatable bonds is 3. The van der Waals surface area contributed by atoms with Crippen molar-refractivity contribution in [2.45, 2.75) is 39.8 Å². The lowest BCUT2D eigenvalue weighted by Crippen LogP contribution is -2.32. The summed E-state index contributed by atoms with van der Waals surface area (Å²) < 4.78 is 57.1. The number of hydrogen-bond acceptors (Lipinski definition) is 5. The lowest BCUT2D eigenvalue weighted by atomic mass is 9.82. The van der Waals surface area contributed by atoms with Crippen LogP contribution < -0.4 is 5.32 Å². The molecule has 33 heavy (non-hydrogen) atoms. The molecule has 0 unspecified atom stereocenters. The summed E-state index contributed by atoms with van der Waals surface area (Å²) in [6.45, 7) is 8.35. The van der Waals surface area contributed by atoms with Crippen molar-refractivity contribution >= 4 is 26.6 Å². The number of hydrogen-bond donors (Lipinski definition) is 1. The van der Waals surface area contributed by atoms with Crippen molar-refractivity contribution in [3.8, 4) is 22.4 Å². The lowest BCUT2D eigenvalue weighted by molar-refractivity contribution is 0.576. The third-order valence-corrected chi connectivity index (χ3v) is 7.17. The number of benzene rings is 2. The van der Waals surface area contributed by atoms with Gasteiger partial charge in [-0.25, -0.2) is 17.2 Å². The van der Waals surface area contributed by atoms with E-state index in [9.17, 15) is 12.8 Å². The molecule has 172 valence electrons. The van der Waals surface area contributed by atoms with E-state index in [2.05, 4.69) is 15.5 Å². The molecular weight excluding hydrogens is 448 g/mol. The monoisotopic (exact) mass is 471 g/mol. The Kier molecular flexibility index (Phi) is 4.49. The standard InChI is InChI=1S/C23H23F2N5O2S/c1-6-29-22-17(11-26-29)23(3,4)28-21-18(25)9-14(12(2)20(21)22)15-7-13(24)8-19-16(15)10-27-30(19)33(5,31)32/h7-11,28H,6H2,1-5H3. The van der Waals surface area contributed by atoms with Crippen molar-refractivity contribution in [3.63, 3.8) is 0 Å². The maximum atomic E-state index is 15.6. The van der Waals surface area contributed by atoms with Crippen LogP contribution in [-0.4, -0.2) is 33.6 Å². The molecule has 0 atom stereocenters. The minimum atomic E-state index is -3.75. The smallest absolute Gasteiger partial charge is 0.251 e. The fraction of sp³-hybridized carbons (Fsp3) is 0.304. The number of nitrogens with one attached hydrogen (secondary N) is 1. The Balaban J connectivity index is 1.86. The Hall–Kier alpha value is -3.27. The summed E-state index contributed by atoms with van der Waals surface area (Å²) in [7, 11) is -3.75. The quantitative estimate of drug-likeness (QED) is 0.471.